The second-order valence-electron chi connectivity index (χ2n) is 8.83. The lowest BCUT2D eigenvalue weighted by molar-refractivity contribution is 0.0697. The Morgan fingerprint density at radius 1 is 0.719 bits per heavy atom. The first-order valence-electron chi connectivity index (χ1n) is 12.7. The number of rotatable bonds is 16. The molecule has 32 heavy (non-hydrogen) atoms. The SMILES string of the molecule is CCCCCCCCCOc1c(CCC)cc(-c2ccc(C(=O)O)cc2)cc1CCCC. The van der Waals surface area contributed by atoms with Gasteiger partial charge in [0.25, 0.3) is 0 Å². The Morgan fingerprint density at radius 2 is 1.31 bits per heavy atom. The van der Waals surface area contributed by atoms with Crippen molar-refractivity contribution >= 4 is 5.97 Å². The van der Waals surface area contributed by atoms with Crippen molar-refractivity contribution in [3.05, 3.63) is 53.1 Å². The zero-order valence-corrected chi connectivity index (χ0v) is 20.4. The summed E-state index contributed by atoms with van der Waals surface area (Å²) in [5, 5.41) is 9.20. The number of carboxylic acids is 1. The molecule has 0 aromatic heterocycles. The van der Waals surface area contributed by atoms with E-state index in [1.165, 1.54) is 49.7 Å². The van der Waals surface area contributed by atoms with Crippen molar-refractivity contribution < 1.29 is 14.6 Å². The topological polar surface area (TPSA) is 46.5 Å². The molecule has 0 heterocycles. The number of aromatic carboxylic acids is 1. The van der Waals surface area contributed by atoms with E-state index in [1.54, 1.807) is 12.1 Å². The molecule has 3 nitrogen and oxygen atoms in total. The summed E-state index contributed by atoms with van der Waals surface area (Å²) < 4.78 is 6.41. The van der Waals surface area contributed by atoms with Crippen LogP contribution in [-0.4, -0.2) is 17.7 Å². The quantitative estimate of drug-likeness (QED) is 0.267. The zero-order valence-electron chi connectivity index (χ0n) is 20.4. The van der Waals surface area contributed by atoms with Crippen molar-refractivity contribution in [1.29, 1.82) is 0 Å². The predicted molar refractivity (Wildman–Crippen MR) is 135 cm³/mol. The van der Waals surface area contributed by atoms with Crippen LogP contribution in [0.15, 0.2) is 36.4 Å². The van der Waals surface area contributed by atoms with E-state index in [-0.39, 0.29) is 0 Å². The molecule has 0 fully saturated rings. The minimum Gasteiger partial charge on any atom is -0.493 e. The van der Waals surface area contributed by atoms with Crippen molar-refractivity contribution in [2.24, 2.45) is 0 Å². The summed E-state index contributed by atoms with van der Waals surface area (Å²) >= 11 is 0. The number of carbonyl (C=O) groups is 1. The van der Waals surface area contributed by atoms with Crippen LogP contribution in [0.2, 0.25) is 0 Å². The van der Waals surface area contributed by atoms with E-state index >= 15 is 0 Å². The van der Waals surface area contributed by atoms with Crippen LogP contribution in [0.1, 0.15) is 106 Å². The van der Waals surface area contributed by atoms with Crippen LogP contribution in [-0.2, 0) is 12.8 Å². The van der Waals surface area contributed by atoms with Gasteiger partial charge in [-0.05, 0) is 72.2 Å². The Bertz CT molecular complexity index is 808. The number of unbranched alkanes of at least 4 members (excludes halogenated alkanes) is 7. The average molecular weight is 439 g/mol. The fourth-order valence-electron chi connectivity index (χ4n) is 4.15. The molecule has 0 amide bonds. The van der Waals surface area contributed by atoms with Crippen LogP contribution in [0.5, 0.6) is 5.75 Å². The molecule has 176 valence electrons. The molecule has 3 heteroatoms. The summed E-state index contributed by atoms with van der Waals surface area (Å²) in [6.07, 6.45) is 14.4. The van der Waals surface area contributed by atoms with Crippen molar-refractivity contribution in [2.75, 3.05) is 6.61 Å². The highest BCUT2D eigenvalue weighted by Gasteiger charge is 2.14. The van der Waals surface area contributed by atoms with E-state index in [0.29, 0.717) is 5.56 Å². The van der Waals surface area contributed by atoms with Gasteiger partial charge in [-0.2, -0.15) is 0 Å². The van der Waals surface area contributed by atoms with E-state index < -0.39 is 5.97 Å². The van der Waals surface area contributed by atoms with Gasteiger partial charge in [0, 0.05) is 0 Å². The summed E-state index contributed by atoms with van der Waals surface area (Å²) in [7, 11) is 0. The zero-order chi connectivity index (χ0) is 23.2. The molecule has 0 saturated heterocycles. The number of hydrogen-bond acceptors (Lipinski definition) is 2. The summed E-state index contributed by atoms with van der Waals surface area (Å²) in [5.74, 6) is 0.207. The van der Waals surface area contributed by atoms with Crippen LogP contribution in [0, 0.1) is 0 Å². The first-order valence-corrected chi connectivity index (χ1v) is 12.7. The molecule has 2 aromatic carbocycles. The molecule has 0 aliphatic heterocycles. The maximum Gasteiger partial charge on any atom is 0.335 e. The lowest BCUT2D eigenvalue weighted by Gasteiger charge is -2.18. The lowest BCUT2D eigenvalue weighted by Crippen LogP contribution is -2.05. The van der Waals surface area contributed by atoms with Gasteiger partial charge in [-0.25, -0.2) is 4.79 Å². The monoisotopic (exact) mass is 438 g/mol. The first-order chi connectivity index (χ1) is 15.6. The smallest absolute Gasteiger partial charge is 0.335 e. The second kappa shape index (κ2) is 14.7. The molecule has 0 spiro atoms. The van der Waals surface area contributed by atoms with E-state index in [9.17, 15) is 9.90 Å². The highest BCUT2D eigenvalue weighted by molar-refractivity contribution is 5.88. The van der Waals surface area contributed by atoms with E-state index in [0.717, 1.165) is 62.0 Å². The summed E-state index contributed by atoms with van der Waals surface area (Å²) in [6, 6.07) is 11.7. The van der Waals surface area contributed by atoms with Crippen molar-refractivity contribution in [3.63, 3.8) is 0 Å². The molecular formula is C29H42O3. The largest absolute Gasteiger partial charge is 0.493 e. The molecule has 0 aliphatic carbocycles. The molecule has 1 N–H and O–H groups in total. The van der Waals surface area contributed by atoms with Gasteiger partial charge in [0.15, 0.2) is 0 Å². The molecule has 2 rings (SSSR count). The third kappa shape index (κ3) is 8.33. The fraction of sp³-hybridized carbons (Fsp3) is 0.552. The fourth-order valence-corrected chi connectivity index (χ4v) is 4.15. The molecule has 0 saturated carbocycles. The number of ether oxygens (including phenoxy) is 1. The first kappa shape index (κ1) is 26.0. The molecule has 0 bridgehead atoms. The van der Waals surface area contributed by atoms with Gasteiger partial charge in [-0.1, -0.05) is 84.3 Å². The number of carboxylic acid groups (broad SMARTS) is 1. The average Bonchev–Trinajstić information content (AvgIpc) is 2.80. The Balaban J connectivity index is 2.17. The minimum atomic E-state index is -0.888. The summed E-state index contributed by atoms with van der Waals surface area (Å²) in [4.78, 5) is 11.2. The standard InChI is InChI=1S/C29H42O3/c1-4-7-9-10-11-12-13-20-32-28-25(14-6-3)21-27(22-26(28)15-8-5-2)23-16-18-24(19-17-23)29(30)31/h16-19,21-22H,4-15,20H2,1-3H3,(H,30,31). The van der Waals surface area contributed by atoms with Gasteiger partial charge in [0.1, 0.15) is 5.75 Å². The van der Waals surface area contributed by atoms with E-state index in [1.807, 2.05) is 12.1 Å². The van der Waals surface area contributed by atoms with Gasteiger partial charge in [-0.3, -0.25) is 0 Å². The van der Waals surface area contributed by atoms with Gasteiger partial charge in [-0.15, -0.1) is 0 Å². The van der Waals surface area contributed by atoms with Crippen LogP contribution < -0.4 is 4.74 Å². The second-order valence-corrected chi connectivity index (χ2v) is 8.83. The third-order valence-corrected chi connectivity index (χ3v) is 6.02. The molecular weight excluding hydrogens is 396 g/mol. The van der Waals surface area contributed by atoms with Crippen molar-refractivity contribution in [3.8, 4) is 16.9 Å². The van der Waals surface area contributed by atoms with Crippen LogP contribution >= 0.6 is 0 Å². The molecule has 0 radical (unpaired) electrons. The normalized spacial score (nSPS) is 11.0. The van der Waals surface area contributed by atoms with Crippen LogP contribution in [0.25, 0.3) is 11.1 Å². The van der Waals surface area contributed by atoms with E-state index in [4.69, 9.17) is 4.74 Å². The molecule has 0 aliphatic rings. The predicted octanol–water partition coefficient (Wildman–Crippen LogP) is 8.48. The highest BCUT2D eigenvalue weighted by atomic mass is 16.5. The van der Waals surface area contributed by atoms with Gasteiger partial charge in [0.2, 0.25) is 0 Å². The van der Waals surface area contributed by atoms with E-state index in [2.05, 4.69) is 32.9 Å². The maximum atomic E-state index is 11.2. The number of benzene rings is 2. The Kier molecular flexibility index (Phi) is 11.9. The number of hydrogen-bond donors (Lipinski definition) is 1. The van der Waals surface area contributed by atoms with Crippen molar-refractivity contribution in [2.45, 2.75) is 97.8 Å². The highest BCUT2D eigenvalue weighted by Crippen LogP contribution is 2.33. The maximum absolute atomic E-state index is 11.2. The minimum absolute atomic E-state index is 0.323. The summed E-state index contributed by atoms with van der Waals surface area (Å²) in [5.41, 5.74) is 5.10. The Hall–Kier alpha value is -2.29. The Morgan fingerprint density at radius 3 is 1.91 bits per heavy atom. The van der Waals surface area contributed by atoms with Gasteiger partial charge in [0.05, 0.1) is 12.2 Å². The van der Waals surface area contributed by atoms with Crippen LogP contribution in [0.3, 0.4) is 0 Å². The Labute approximate surface area is 195 Å². The van der Waals surface area contributed by atoms with Gasteiger partial charge < -0.3 is 9.84 Å². The third-order valence-electron chi connectivity index (χ3n) is 6.02. The van der Waals surface area contributed by atoms with Crippen molar-refractivity contribution in [1.82, 2.24) is 0 Å². The summed E-state index contributed by atoms with van der Waals surface area (Å²) in [6.45, 7) is 7.48. The number of aryl methyl sites for hydroxylation is 2. The van der Waals surface area contributed by atoms with Crippen LogP contribution in [0.4, 0.5) is 0 Å². The van der Waals surface area contributed by atoms with Gasteiger partial charge >= 0.3 is 5.97 Å². The molecule has 0 unspecified atom stereocenters. The molecule has 0 atom stereocenters. The lowest BCUT2D eigenvalue weighted by atomic mass is 9.94. The molecule has 2 aromatic rings.